The molecule has 2 aliphatic rings. The van der Waals surface area contributed by atoms with Gasteiger partial charge in [0.05, 0.1) is 6.61 Å². The molecule has 0 aromatic carbocycles. The number of ether oxygens (including phenoxy) is 1. The van der Waals surface area contributed by atoms with Gasteiger partial charge in [-0.05, 0) is 13.3 Å². The average Bonchev–Trinajstić information content (AvgIpc) is 2.02. The Morgan fingerprint density at radius 2 is 2.46 bits per heavy atom. The lowest BCUT2D eigenvalue weighted by Crippen LogP contribution is -2.46. The first kappa shape index (κ1) is 8.75. The van der Waals surface area contributed by atoms with E-state index in [-0.39, 0.29) is 12.0 Å². The molecule has 3 heteroatoms. The summed E-state index contributed by atoms with van der Waals surface area (Å²) in [6.07, 6.45) is 3.91. The van der Waals surface area contributed by atoms with E-state index >= 15 is 0 Å². The van der Waals surface area contributed by atoms with E-state index in [1.54, 1.807) is 0 Å². The minimum atomic E-state index is -0.133. The van der Waals surface area contributed by atoms with Crippen molar-refractivity contribution in [1.29, 1.82) is 0 Å². The summed E-state index contributed by atoms with van der Waals surface area (Å²) in [5.74, 6) is 0.176. The maximum absolute atomic E-state index is 11.7. The highest BCUT2D eigenvalue weighted by atomic mass is 16.5. The number of nitrogens with zero attached hydrogens (tertiary/aromatic N) is 1. The van der Waals surface area contributed by atoms with Crippen LogP contribution in [-0.2, 0) is 9.53 Å². The summed E-state index contributed by atoms with van der Waals surface area (Å²) in [5.41, 5.74) is 1.39. The van der Waals surface area contributed by atoms with Crippen LogP contribution in [0.15, 0.2) is 11.6 Å². The highest BCUT2D eigenvalue weighted by molar-refractivity contribution is 5.81. The lowest BCUT2D eigenvalue weighted by molar-refractivity contribution is -0.155. The van der Waals surface area contributed by atoms with Crippen molar-refractivity contribution in [2.24, 2.45) is 0 Å². The first-order chi connectivity index (χ1) is 6.27. The highest BCUT2D eigenvalue weighted by Crippen LogP contribution is 2.17. The summed E-state index contributed by atoms with van der Waals surface area (Å²) in [6.45, 7) is 4.49. The van der Waals surface area contributed by atoms with Crippen LogP contribution in [0.1, 0.15) is 19.8 Å². The molecular formula is C10H15NO2. The van der Waals surface area contributed by atoms with Gasteiger partial charge < -0.3 is 9.64 Å². The van der Waals surface area contributed by atoms with Crippen molar-refractivity contribution < 1.29 is 9.53 Å². The van der Waals surface area contributed by atoms with Crippen molar-refractivity contribution in [2.75, 3.05) is 19.7 Å². The summed E-state index contributed by atoms with van der Waals surface area (Å²) in [5, 5.41) is 0. The van der Waals surface area contributed by atoms with Crippen molar-refractivity contribution in [1.82, 2.24) is 4.90 Å². The van der Waals surface area contributed by atoms with Crippen LogP contribution in [0, 0.1) is 0 Å². The molecule has 2 aliphatic heterocycles. The number of rotatable bonds is 1. The van der Waals surface area contributed by atoms with Gasteiger partial charge in [0.2, 0.25) is 0 Å². The van der Waals surface area contributed by atoms with Crippen molar-refractivity contribution in [3.63, 3.8) is 0 Å². The number of carbonyl (C=O) groups excluding carboxylic acids is 1. The van der Waals surface area contributed by atoms with Crippen LogP contribution in [0.25, 0.3) is 0 Å². The second kappa shape index (κ2) is 3.50. The van der Waals surface area contributed by atoms with E-state index in [0.717, 1.165) is 32.5 Å². The van der Waals surface area contributed by atoms with Gasteiger partial charge in [0.25, 0.3) is 5.91 Å². The summed E-state index contributed by atoms with van der Waals surface area (Å²) < 4.78 is 5.16. The highest BCUT2D eigenvalue weighted by Gasteiger charge is 2.30. The maximum atomic E-state index is 11.7. The van der Waals surface area contributed by atoms with Crippen molar-refractivity contribution >= 4 is 5.91 Å². The first-order valence-corrected chi connectivity index (χ1v) is 4.83. The zero-order valence-corrected chi connectivity index (χ0v) is 7.95. The van der Waals surface area contributed by atoms with Crippen LogP contribution in [0.5, 0.6) is 0 Å². The lowest BCUT2D eigenvalue weighted by Gasteiger charge is -2.33. The van der Waals surface area contributed by atoms with Gasteiger partial charge in [0.1, 0.15) is 6.10 Å². The zero-order chi connectivity index (χ0) is 9.26. The Morgan fingerprint density at radius 1 is 1.69 bits per heavy atom. The van der Waals surface area contributed by atoms with Gasteiger partial charge in [-0.3, -0.25) is 4.79 Å². The largest absolute Gasteiger partial charge is 0.368 e. The van der Waals surface area contributed by atoms with Gasteiger partial charge in [-0.15, -0.1) is 0 Å². The molecule has 0 spiro atoms. The Bertz CT molecular complexity index is 243. The molecule has 0 radical (unpaired) electrons. The molecule has 0 N–H and O–H groups in total. The summed E-state index contributed by atoms with van der Waals surface area (Å²) >= 11 is 0. The lowest BCUT2D eigenvalue weighted by atomic mass is 10.1. The van der Waals surface area contributed by atoms with Crippen molar-refractivity contribution in [3.8, 4) is 0 Å². The summed E-state index contributed by atoms with van der Waals surface area (Å²) in [7, 11) is 0. The molecule has 0 aliphatic carbocycles. The Kier molecular flexibility index (Phi) is 2.36. The van der Waals surface area contributed by atoms with Gasteiger partial charge in [-0.25, -0.2) is 0 Å². The molecule has 2 rings (SSSR count). The van der Waals surface area contributed by atoms with E-state index in [1.807, 2.05) is 4.90 Å². The van der Waals surface area contributed by atoms with Gasteiger partial charge in [-0.2, -0.15) is 0 Å². The van der Waals surface area contributed by atoms with Crippen LogP contribution in [0.4, 0.5) is 0 Å². The quantitative estimate of drug-likeness (QED) is 0.564. The Balaban J connectivity index is 1.90. The number of amides is 1. The Hall–Kier alpha value is -0.830. The molecule has 1 atom stereocenters. The number of hydrogen-bond donors (Lipinski definition) is 0. The molecule has 72 valence electrons. The van der Waals surface area contributed by atoms with Crippen molar-refractivity contribution in [2.45, 2.75) is 25.9 Å². The van der Waals surface area contributed by atoms with E-state index in [2.05, 4.69) is 13.0 Å². The molecule has 1 saturated heterocycles. The van der Waals surface area contributed by atoms with Crippen molar-refractivity contribution in [3.05, 3.63) is 11.6 Å². The zero-order valence-electron chi connectivity index (χ0n) is 7.95. The normalized spacial score (nSPS) is 27.9. The molecule has 13 heavy (non-hydrogen) atoms. The Labute approximate surface area is 78.4 Å². The van der Waals surface area contributed by atoms with Crippen LogP contribution >= 0.6 is 0 Å². The van der Waals surface area contributed by atoms with E-state index in [1.165, 1.54) is 5.57 Å². The molecule has 1 fully saturated rings. The van der Waals surface area contributed by atoms with Crippen LogP contribution in [-0.4, -0.2) is 36.6 Å². The third-order valence-corrected chi connectivity index (χ3v) is 2.72. The summed E-state index contributed by atoms with van der Waals surface area (Å²) in [4.78, 5) is 13.5. The van der Waals surface area contributed by atoms with Gasteiger partial charge >= 0.3 is 0 Å². The fourth-order valence-electron chi connectivity index (χ4n) is 1.60. The topological polar surface area (TPSA) is 29.5 Å². The van der Waals surface area contributed by atoms with Crippen LogP contribution in [0.3, 0.4) is 0 Å². The first-order valence-electron chi connectivity index (χ1n) is 4.83. The fourth-order valence-corrected chi connectivity index (χ4v) is 1.60. The molecule has 0 aromatic rings. The molecule has 2 heterocycles. The predicted octanol–water partition coefficient (Wildman–Crippen LogP) is 0.954. The third-order valence-electron chi connectivity index (χ3n) is 2.72. The molecule has 1 amide bonds. The van der Waals surface area contributed by atoms with Crippen LogP contribution < -0.4 is 0 Å². The minimum absolute atomic E-state index is 0.133. The second-order valence-corrected chi connectivity index (χ2v) is 3.73. The van der Waals surface area contributed by atoms with Crippen LogP contribution in [0.2, 0.25) is 0 Å². The van der Waals surface area contributed by atoms with E-state index in [4.69, 9.17) is 4.74 Å². The van der Waals surface area contributed by atoms with Gasteiger partial charge in [0, 0.05) is 19.5 Å². The number of hydrogen-bond acceptors (Lipinski definition) is 2. The summed E-state index contributed by atoms with van der Waals surface area (Å²) in [6, 6.07) is 0. The fraction of sp³-hybridized carbons (Fsp3) is 0.700. The standard InChI is InChI=1S/C10H15NO2/c1-8-2-5-11(6-3-8)10(12)9-4-7-13-9/h2,9H,3-7H2,1H3. The molecule has 3 nitrogen and oxygen atoms in total. The van der Waals surface area contributed by atoms with E-state index in [0.29, 0.717) is 0 Å². The monoisotopic (exact) mass is 181 g/mol. The van der Waals surface area contributed by atoms with Gasteiger partial charge in [-0.1, -0.05) is 11.6 Å². The SMILES string of the molecule is CC1=CCN(C(=O)C2CCO2)CC1. The van der Waals surface area contributed by atoms with E-state index < -0.39 is 0 Å². The molecule has 0 saturated carbocycles. The Morgan fingerprint density at radius 3 is 2.92 bits per heavy atom. The van der Waals surface area contributed by atoms with E-state index in [9.17, 15) is 4.79 Å². The smallest absolute Gasteiger partial charge is 0.252 e. The molecule has 1 unspecified atom stereocenters. The minimum Gasteiger partial charge on any atom is -0.368 e. The average molecular weight is 181 g/mol. The molecule has 0 bridgehead atoms. The molecule has 0 aromatic heterocycles. The third kappa shape index (κ3) is 1.75. The van der Waals surface area contributed by atoms with Gasteiger partial charge in [0.15, 0.2) is 0 Å². The second-order valence-electron chi connectivity index (χ2n) is 3.73. The maximum Gasteiger partial charge on any atom is 0.252 e. The number of carbonyl (C=O) groups is 1. The predicted molar refractivity (Wildman–Crippen MR) is 49.3 cm³/mol. The molecular weight excluding hydrogens is 166 g/mol.